The summed E-state index contributed by atoms with van der Waals surface area (Å²) >= 11 is 0. The van der Waals surface area contributed by atoms with Gasteiger partial charge in [0.2, 0.25) is 20.0 Å². The van der Waals surface area contributed by atoms with Gasteiger partial charge in [-0.3, -0.25) is 0 Å². The summed E-state index contributed by atoms with van der Waals surface area (Å²) in [7, 11) is -3.44. The first-order chi connectivity index (χ1) is 10.7. The smallest absolute Gasteiger partial charge is 0.244 e. The van der Waals surface area contributed by atoms with Crippen LogP contribution in [0.1, 0.15) is 12.8 Å². The maximum absolute atomic E-state index is 12.9. The van der Waals surface area contributed by atoms with Crippen LogP contribution in [-0.2, 0) is 20.0 Å². The summed E-state index contributed by atoms with van der Waals surface area (Å²) in [6, 6.07) is 5.62. The summed E-state index contributed by atoms with van der Waals surface area (Å²) in [5.74, 6) is 0. The monoisotopic (exact) mass is 361 g/mol. The molecule has 1 fully saturated rings. The van der Waals surface area contributed by atoms with Crippen LogP contribution < -0.4 is 5.32 Å². The highest BCUT2D eigenvalue weighted by Crippen LogP contribution is 2.27. The van der Waals surface area contributed by atoms with Gasteiger partial charge >= 0.3 is 0 Å². The molecule has 0 aromatic heterocycles. The predicted octanol–water partition coefficient (Wildman–Crippen LogP) is 0.309. The van der Waals surface area contributed by atoms with Crippen LogP contribution in [0.3, 0.4) is 0 Å². The highest BCUT2D eigenvalue weighted by Gasteiger charge is 2.34. The van der Waals surface area contributed by atoms with Crippen LogP contribution in [0.15, 0.2) is 34.1 Å². The van der Waals surface area contributed by atoms with E-state index in [4.69, 9.17) is 0 Å². The second-order valence-corrected chi connectivity index (χ2v) is 9.82. The van der Waals surface area contributed by atoms with Crippen LogP contribution in [0.5, 0.6) is 0 Å². The Hall–Kier alpha value is -1.00. The van der Waals surface area contributed by atoms with E-state index < -0.39 is 20.0 Å². The minimum absolute atomic E-state index is 0.128. The van der Waals surface area contributed by atoms with E-state index in [9.17, 15) is 16.8 Å². The zero-order valence-electron chi connectivity index (χ0n) is 13.6. The number of sulfonamides is 2. The van der Waals surface area contributed by atoms with E-state index in [-0.39, 0.29) is 15.8 Å². The van der Waals surface area contributed by atoms with E-state index >= 15 is 0 Å². The van der Waals surface area contributed by atoms with Gasteiger partial charge in [-0.15, -0.1) is 0 Å². The number of hydrogen-bond donors (Lipinski definition) is 1. The first-order valence-corrected chi connectivity index (χ1v) is 10.3. The lowest BCUT2D eigenvalue weighted by molar-refractivity contribution is 0.296. The molecule has 0 radical (unpaired) electrons. The van der Waals surface area contributed by atoms with Crippen molar-refractivity contribution in [3.63, 3.8) is 0 Å². The Morgan fingerprint density at radius 3 is 1.87 bits per heavy atom. The van der Waals surface area contributed by atoms with Crippen LogP contribution in [0.2, 0.25) is 0 Å². The molecule has 23 heavy (non-hydrogen) atoms. The number of rotatable bonds is 5. The Morgan fingerprint density at radius 2 is 1.39 bits per heavy atom. The fourth-order valence-electron chi connectivity index (χ4n) is 2.59. The fraction of sp³-hybridized carbons (Fsp3) is 0.571. The summed E-state index contributed by atoms with van der Waals surface area (Å²) in [6.07, 6.45) is 1.41. The maximum Gasteiger partial charge on any atom is 0.244 e. The molecular weight excluding hydrogens is 338 g/mol. The van der Waals surface area contributed by atoms with Crippen molar-refractivity contribution in [2.24, 2.45) is 0 Å². The quantitative estimate of drug-likeness (QED) is 0.816. The van der Waals surface area contributed by atoms with Crippen molar-refractivity contribution in [3.8, 4) is 0 Å². The predicted molar refractivity (Wildman–Crippen MR) is 88.2 cm³/mol. The van der Waals surface area contributed by atoms with E-state index in [2.05, 4.69) is 5.32 Å². The normalized spacial score (nSPS) is 17.8. The van der Waals surface area contributed by atoms with Gasteiger partial charge in [0.1, 0.15) is 9.79 Å². The largest absolute Gasteiger partial charge is 0.317 e. The molecule has 130 valence electrons. The van der Waals surface area contributed by atoms with Gasteiger partial charge in [-0.2, -0.15) is 4.31 Å². The summed E-state index contributed by atoms with van der Waals surface area (Å²) < 4.78 is 53.1. The Balaban J connectivity index is 2.49. The van der Waals surface area contributed by atoms with Gasteiger partial charge in [0.05, 0.1) is 0 Å². The van der Waals surface area contributed by atoms with Crippen LogP contribution >= 0.6 is 0 Å². The van der Waals surface area contributed by atoms with E-state index in [0.29, 0.717) is 12.8 Å². The molecule has 9 heteroatoms. The first kappa shape index (κ1) is 18.3. The van der Waals surface area contributed by atoms with Gasteiger partial charge < -0.3 is 5.32 Å². The first-order valence-electron chi connectivity index (χ1n) is 7.39. The third-order valence-electron chi connectivity index (χ3n) is 4.09. The molecule has 1 aromatic carbocycles. The fourth-order valence-corrected chi connectivity index (χ4v) is 5.68. The second-order valence-electron chi connectivity index (χ2n) is 5.74. The molecule has 1 aliphatic heterocycles. The second kappa shape index (κ2) is 6.86. The molecule has 0 spiro atoms. The molecule has 1 saturated heterocycles. The van der Waals surface area contributed by atoms with Crippen molar-refractivity contribution in [1.29, 1.82) is 0 Å². The van der Waals surface area contributed by atoms with Crippen LogP contribution in [-0.4, -0.2) is 65.7 Å². The Kier molecular flexibility index (Phi) is 5.47. The Labute approximate surface area is 138 Å². The van der Waals surface area contributed by atoms with Crippen molar-refractivity contribution in [1.82, 2.24) is 13.9 Å². The van der Waals surface area contributed by atoms with Crippen LogP contribution in [0, 0.1) is 0 Å². The van der Waals surface area contributed by atoms with E-state index in [1.807, 2.05) is 0 Å². The summed E-state index contributed by atoms with van der Waals surface area (Å²) in [5, 5.41) is 3.19. The number of nitrogens with zero attached hydrogens (tertiary/aromatic N) is 2. The molecule has 1 aliphatic rings. The highest BCUT2D eigenvalue weighted by molar-refractivity contribution is 7.92. The number of piperidine rings is 1. The van der Waals surface area contributed by atoms with Gasteiger partial charge in [0.15, 0.2) is 0 Å². The van der Waals surface area contributed by atoms with E-state index in [1.54, 1.807) is 0 Å². The standard InChI is InChI=1S/C14H23N3O4S2/c1-16(2)22(18,19)13-6-4-5-7-14(13)23(20,21)17(3)12-8-10-15-11-9-12/h4-7,12,15H,8-11H2,1-3H3. The summed E-state index contributed by atoms with van der Waals surface area (Å²) in [5.41, 5.74) is 0. The van der Waals surface area contributed by atoms with Crippen LogP contribution in [0.4, 0.5) is 0 Å². The lowest BCUT2D eigenvalue weighted by Gasteiger charge is -2.31. The lowest BCUT2D eigenvalue weighted by atomic mass is 10.1. The molecule has 0 aliphatic carbocycles. The minimum atomic E-state index is -3.89. The number of benzene rings is 1. The van der Waals surface area contributed by atoms with Gasteiger partial charge in [-0.1, -0.05) is 12.1 Å². The van der Waals surface area contributed by atoms with Crippen molar-refractivity contribution >= 4 is 20.0 Å². The zero-order chi connectivity index (χ0) is 17.3. The van der Waals surface area contributed by atoms with Crippen molar-refractivity contribution in [3.05, 3.63) is 24.3 Å². The molecule has 7 nitrogen and oxygen atoms in total. The minimum Gasteiger partial charge on any atom is -0.317 e. The highest BCUT2D eigenvalue weighted by atomic mass is 32.2. The molecule has 0 atom stereocenters. The van der Waals surface area contributed by atoms with Crippen LogP contribution in [0.25, 0.3) is 0 Å². The molecular formula is C14H23N3O4S2. The zero-order valence-corrected chi connectivity index (χ0v) is 15.2. The SMILES string of the molecule is CN(C)S(=O)(=O)c1ccccc1S(=O)(=O)N(C)C1CCNCC1. The summed E-state index contributed by atoms with van der Waals surface area (Å²) in [6.45, 7) is 1.50. The summed E-state index contributed by atoms with van der Waals surface area (Å²) in [4.78, 5) is -0.361. The molecule has 0 bridgehead atoms. The van der Waals surface area contributed by atoms with Crippen molar-refractivity contribution < 1.29 is 16.8 Å². The topological polar surface area (TPSA) is 86.8 Å². The molecule has 1 N–H and O–H groups in total. The molecule has 0 saturated carbocycles. The third kappa shape index (κ3) is 3.58. The Bertz CT molecular complexity index is 754. The maximum atomic E-state index is 12.9. The number of nitrogens with one attached hydrogen (secondary N) is 1. The van der Waals surface area contributed by atoms with Gasteiger partial charge in [0.25, 0.3) is 0 Å². The van der Waals surface area contributed by atoms with Crippen molar-refractivity contribution in [2.75, 3.05) is 34.2 Å². The average molecular weight is 361 g/mol. The third-order valence-corrected chi connectivity index (χ3v) is 8.06. The lowest BCUT2D eigenvalue weighted by Crippen LogP contribution is -2.44. The molecule has 0 unspecified atom stereocenters. The van der Waals surface area contributed by atoms with Gasteiger partial charge in [-0.05, 0) is 38.1 Å². The van der Waals surface area contributed by atoms with E-state index in [1.165, 1.54) is 49.7 Å². The van der Waals surface area contributed by atoms with E-state index in [0.717, 1.165) is 17.4 Å². The molecule has 1 heterocycles. The van der Waals surface area contributed by atoms with Gasteiger partial charge in [-0.25, -0.2) is 21.1 Å². The number of hydrogen-bond acceptors (Lipinski definition) is 5. The molecule has 2 rings (SSSR count). The Morgan fingerprint density at radius 1 is 0.913 bits per heavy atom. The molecule has 0 amide bonds. The van der Waals surface area contributed by atoms with Crippen molar-refractivity contribution in [2.45, 2.75) is 28.7 Å². The van der Waals surface area contributed by atoms with Gasteiger partial charge in [0, 0.05) is 27.2 Å². The average Bonchev–Trinajstić information content (AvgIpc) is 2.54. The molecule has 1 aromatic rings.